The van der Waals surface area contributed by atoms with Crippen LogP contribution in [0.5, 0.6) is 0 Å². The number of aromatic nitrogens is 2. The van der Waals surface area contributed by atoms with E-state index in [1.54, 1.807) is 19.1 Å². The number of aryl methyl sites for hydroxylation is 2. The fourth-order valence-electron chi connectivity index (χ4n) is 2.25. The van der Waals surface area contributed by atoms with Gasteiger partial charge in [0.05, 0.1) is 5.69 Å². The van der Waals surface area contributed by atoms with Crippen molar-refractivity contribution in [3.8, 4) is 0 Å². The first-order chi connectivity index (χ1) is 12.3. The molecule has 0 amide bonds. The van der Waals surface area contributed by atoms with Crippen LogP contribution >= 0.6 is 11.6 Å². The summed E-state index contributed by atoms with van der Waals surface area (Å²) in [6.07, 6.45) is 0. The summed E-state index contributed by atoms with van der Waals surface area (Å²) in [4.78, 5) is 8.45. The van der Waals surface area contributed by atoms with Crippen LogP contribution in [0.15, 0.2) is 36.4 Å². The van der Waals surface area contributed by atoms with Gasteiger partial charge in [-0.1, -0.05) is 17.7 Å². The number of hydrogen-bond donors (Lipinski definition) is 2. The molecule has 2 N–H and O–H groups in total. The van der Waals surface area contributed by atoms with Gasteiger partial charge < -0.3 is 10.6 Å². The SMILES string of the molecule is Cc1cc(Nc2ccc(F)c(F)c2F)nc(Nc2ccc(C)c(Cl)c2)n1. The van der Waals surface area contributed by atoms with Crippen molar-refractivity contribution in [3.05, 3.63) is 70.1 Å². The minimum absolute atomic E-state index is 0.225. The predicted octanol–water partition coefficient (Wildman–Crippen LogP) is 5.65. The Morgan fingerprint density at radius 1 is 0.885 bits per heavy atom. The van der Waals surface area contributed by atoms with Gasteiger partial charge in [0, 0.05) is 22.5 Å². The molecule has 0 fully saturated rings. The van der Waals surface area contributed by atoms with Gasteiger partial charge in [-0.2, -0.15) is 4.98 Å². The summed E-state index contributed by atoms with van der Waals surface area (Å²) in [5, 5.41) is 6.22. The van der Waals surface area contributed by atoms with Crippen molar-refractivity contribution < 1.29 is 13.2 Å². The van der Waals surface area contributed by atoms with E-state index >= 15 is 0 Å². The molecule has 0 saturated carbocycles. The summed E-state index contributed by atoms with van der Waals surface area (Å²) in [6, 6.07) is 8.87. The lowest BCUT2D eigenvalue weighted by atomic mass is 10.2. The molecular formula is C18H14ClF3N4. The summed E-state index contributed by atoms with van der Waals surface area (Å²) >= 11 is 6.09. The van der Waals surface area contributed by atoms with Crippen molar-refractivity contribution in [3.63, 3.8) is 0 Å². The highest BCUT2D eigenvalue weighted by Gasteiger charge is 2.14. The number of benzene rings is 2. The molecule has 0 spiro atoms. The van der Waals surface area contributed by atoms with Gasteiger partial charge in [0.25, 0.3) is 0 Å². The molecule has 0 atom stereocenters. The lowest BCUT2D eigenvalue weighted by Gasteiger charge is -2.11. The van der Waals surface area contributed by atoms with Gasteiger partial charge >= 0.3 is 0 Å². The van der Waals surface area contributed by atoms with Crippen molar-refractivity contribution in [2.45, 2.75) is 13.8 Å². The van der Waals surface area contributed by atoms with Crippen LogP contribution in [0.25, 0.3) is 0 Å². The van der Waals surface area contributed by atoms with Gasteiger partial charge in [-0.15, -0.1) is 0 Å². The molecule has 0 unspecified atom stereocenters. The minimum Gasteiger partial charge on any atom is -0.338 e. The largest absolute Gasteiger partial charge is 0.338 e. The number of nitrogens with one attached hydrogen (secondary N) is 2. The van der Waals surface area contributed by atoms with E-state index in [1.165, 1.54) is 0 Å². The van der Waals surface area contributed by atoms with E-state index in [0.29, 0.717) is 16.4 Å². The molecule has 0 bridgehead atoms. The molecule has 2 aromatic carbocycles. The zero-order chi connectivity index (χ0) is 18.8. The van der Waals surface area contributed by atoms with E-state index in [9.17, 15) is 13.2 Å². The fraction of sp³-hybridized carbons (Fsp3) is 0.111. The van der Waals surface area contributed by atoms with Crippen molar-refractivity contribution in [2.75, 3.05) is 10.6 Å². The van der Waals surface area contributed by atoms with Crippen molar-refractivity contribution in [1.29, 1.82) is 0 Å². The second-order valence-electron chi connectivity index (χ2n) is 5.66. The lowest BCUT2D eigenvalue weighted by molar-refractivity contribution is 0.449. The Bertz CT molecular complexity index is 979. The molecule has 4 nitrogen and oxygen atoms in total. The quantitative estimate of drug-likeness (QED) is 0.576. The first kappa shape index (κ1) is 18.0. The third-order valence-electron chi connectivity index (χ3n) is 3.58. The summed E-state index contributed by atoms with van der Waals surface area (Å²) in [6.45, 7) is 3.61. The van der Waals surface area contributed by atoms with Crippen LogP contribution in [-0.4, -0.2) is 9.97 Å². The molecule has 0 aliphatic rings. The summed E-state index contributed by atoms with van der Waals surface area (Å²) in [5.41, 5.74) is 1.97. The second-order valence-corrected chi connectivity index (χ2v) is 6.06. The van der Waals surface area contributed by atoms with E-state index in [0.717, 1.165) is 17.7 Å². The Balaban J connectivity index is 1.88. The van der Waals surface area contributed by atoms with Gasteiger partial charge in [0.1, 0.15) is 5.82 Å². The Labute approximate surface area is 153 Å². The standard InChI is InChI=1S/C18H14ClF3N4/c1-9-3-4-11(8-12(9)19)24-18-23-10(2)7-15(26-18)25-14-6-5-13(20)16(21)17(14)22/h3-8H,1-2H3,(H2,23,24,25,26). The van der Waals surface area contributed by atoms with Crippen LogP contribution in [-0.2, 0) is 0 Å². The Hall–Kier alpha value is -2.80. The highest BCUT2D eigenvalue weighted by molar-refractivity contribution is 6.31. The summed E-state index contributed by atoms with van der Waals surface area (Å²) in [5.74, 6) is -3.65. The molecular weight excluding hydrogens is 365 g/mol. The van der Waals surface area contributed by atoms with Gasteiger partial charge in [0.2, 0.25) is 5.95 Å². The molecule has 0 aliphatic heterocycles. The molecule has 3 aromatic rings. The molecule has 1 aromatic heterocycles. The van der Waals surface area contributed by atoms with Gasteiger partial charge in [-0.05, 0) is 43.7 Å². The Morgan fingerprint density at radius 2 is 1.65 bits per heavy atom. The average molecular weight is 379 g/mol. The molecule has 26 heavy (non-hydrogen) atoms. The topological polar surface area (TPSA) is 49.8 Å². The lowest BCUT2D eigenvalue weighted by Crippen LogP contribution is -2.04. The van der Waals surface area contributed by atoms with Crippen molar-refractivity contribution in [1.82, 2.24) is 9.97 Å². The molecule has 3 rings (SSSR count). The molecule has 0 radical (unpaired) electrons. The Kier molecular flexibility index (Phi) is 4.99. The van der Waals surface area contributed by atoms with Crippen LogP contribution in [0, 0.1) is 31.3 Å². The Morgan fingerprint density at radius 3 is 2.38 bits per heavy atom. The number of hydrogen-bond acceptors (Lipinski definition) is 4. The van der Waals surface area contributed by atoms with Gasteiger partial charge in [0.15, 0.2) is 17.5 Å². The molecule has 1 heterocycles. The number of halogens is 4. The van der Waals surface area contributed by atoms with E-state index < -0.39 is 17.5 Å². The zero-order valence-electron chi connectivity index (χ0n) is 13.9. The highest BCUT2D eigenvalue weighted by atomic mass is 35.5. The van der Waals surface area contributed by atoms with E-state index in [-0.39, 0.29) is 17.5 Å². The maximum Gasteiger partial charge on any atom is 0.229 e. The molecule has 8 heteroatoms. The van der Waals surface area contributed by atoms with Crippen LogP contribution in [0.1, 0.15) is 11.3 Å². The normalized spacial score (nSPS) is 10.7. The zero-order valence-corrected chi connectivity index (χ0v) is 14.6. The third-order valence-corrected chi connectivity index (χ3v) is 3.99. The highest BCUT2D eigenvalue weighted by Crippen LogP contribution is 2.25. The fourth-order valence-corrected chi connectivity index (χ4v) is 2.43. The van der Waals surface area contributed by atoms with Gasteiger partial charge in [-0.3, -0.25) is 0 Å². The first-order valence-electron chi connectivity index (χ1n) is 7.63. The smallest absolute Gasteiger partial charge is 0.229 e. The summed E-state index contributed by atoms with van der Waals surface area (Å²) in [7, 11) is 0. The first-order valence-corrected chi connectivity index (χ1v) is 8.00. The van der Waals surface area contributed by atoms with E-state index in [1.807, 2.05) is 19.1 Å². The number of nitrogens with zero attached hydrogens (tertiary/aromatic N) is 2. The maximum absolute atomic E-state index is 13.8. The van der Waals surface area contributed by atoms with E-state index in [2.05, 4.69) is 20.6 Å². The third kappa shape index (κ3) is 3.88. The van der Waals surface area contributed by atoms with Crippen molar-refractivity contribution in [2.24, 2.45) is 0 Å². The molecule has 134 valence electrons. The average Bonchev–Trinajstić information content (AvgIpc) is 2.58. The number of anilines is 4. The minimum atomic E-state index is -1.55. The van der Waals surface area contributed by atoms with Crippen LogP contribution < -0.4 is 10.6 Å². The van der Waals surface area contributed by atoms with Gasteiger partial charge in [-0.25, -0.2) is 18.2 Å². The molecule has 0 saturated heterocycles. The van der Waals surface area contributed by atoms with E-state index in [4.69, 9.17) is 11.6 Å². The van der Waals surface area contributed by atoms with Crippen LogP contribution in [0.3, 0.4) is 0 Å². The second kappa shape index (κ2) is 7.21. The predicted molar refractivity (Wildman–Crippen MR) is 95.8 cm³/mol. The maximum atomic E-state index is 13.8. The number of rotatable bonds is 4. The van der Waals surface area contributed by atoms with Crippen LogP contribution in [0.2, 0.25) is 5.02 Å². The van der Waals surface area contributed by atoms with Crippen LogP contribution in [0.4, 0.5) is 36.3 Å². The van der Waals surface area contributed by atoms with Crippen molar-refractivity contribution >= 4 is 34.7 Å². The monoisotopic (exact) mass is 378 g/mol. The summed E-state index contributed by atoms with van der Waals surface area (Å²) < 4.78 is 40.2. The molecule has 0 aliphatic carbocycles.